The smallest absolute Gasteiger partial charge is 0.224 e. The molecule has 5 nitrogen and oxygen atoms in total. The van der Waals surface area contributed by atoms with E-state index in [1.165, 1.54) is 0 Å². The lowest BCUT2D eigenvalue weighted by molar-refractivity contribution is -0.126. The molecule has 2 unspecified atom stereocenters. The third-order valence-corrected chi connectivity index (χ3v) is 3.63. The van der Waals surface area contributed by atoms with Crippen LogP contribution in [0.5, 0.6) is 0 Å². The summed E-state index contributed by atoms with van der Waals surface area (Å²) in [5.74, 6) is 0.277. The van der Waals surface area contributed by atoms with E-state index in [1.807, 2.05) is 0 Å². The molecule has 18 heavy (non-hydrogen) atoms. The SMILES string of the molecule is COCCC(C)N1CCCC(C(=O)NCCN)C1. The van der Waals surface area contributed by atoms with Gasteiger partial charge in [-0.25, -0.2) is 0 Å². The molecule has 0 aromatic heterocycles. The normalized spacial score (nSPS) is 22.7. The summed E-state index contributed by atoms with van der Waals surface area (Å²) in [6.07, 6.45) is 3.11. The first-order chi connectivity index (χ1) is 8.69. The van der Waals surface area contributed by atoms with E-state index in [4.69, 9.17) is 10.5 Å². The Bertz CT molecular complexity index is 248. The molecule has 1 rings (SSSR count). The third kappa shape index (κ3) is 4.92. The number of nitrogens with two attached hydrogens (primary N) is 1. The molecule has 1 aliphatic heterocycles. The Balaban J connectivity index is 2.37. The Morgan fingerprint density at radius 3 is 3.06 bits per heavy atom. The van der Waals surface area contributed by atoms with Crippen LogP contribution in [0.1, 0.15) is 26.2 Å². The number of carbonyl (C=O) groups is 1. The molecular formula is C13H27N3O2. The fourth-order valence-electron chi connectivity index (χ4n) is 2.43. The highest BCUT2D eigenvalue weighted by Crippen LogP contribution is 2.19. The van der Waals surface area contributed by atoms with Gasteiger partial charge in [-0.15, -0.1) is 0 Å². The number of likely N-dealkylation sites (tertiary alicyclic amines) is 1. The van der Waals surface area contributed by atoms with Crippen molar-refractivity contribution in [3.63, 3.8) is 0 Å². The second kappa shape index (κ2) is 8.45. The first kappa shape index (κ1) is 15.4. The van der Waals surface area contributed by atoms with Crippen LogP contribution in [0.25, 0.3) is 0 Å². The standard InChI is InChI=1S/C13H27N3O2/c1-11(5-9-18-2)16-8-3-4-12(10-16)13(17)15-7-6-14/h11-12H,3-10,14H2,1-2H3,(H,15,17). The average Bonchev–Trinajstić information content (AvgIpc) is 2.42. The second-order valence-electron chi connectivity index (χ2n) is 5.04. The van der Waals surface area contributed by atoms with Crippen LogP contribution < -0.4 is 11.1 Å². The van der Waals surface area contributed by atoms with Crippen molar-refractivity contribution in [1.82, 2.24) is 10.2 Å². The highest BCUT2D eigenvalue weighted by molar-refractivity contribution is 5.78. The first-order valence-corrected chi connectivity index (χ1v) is 6.89. The lowest BCUT2D eigenvalue weighted by Gasteiger charge is -2.36. The maximum Gasteiger partial charge on any atom is 0.224 e. The van der Waals surface area contributed by atoms with Crippen LogP contribution in [0.4, 0.5) is 0 Å². The number of ether oxygens (including phenoxy) is 1. The zero-order chi connectivity index (χ0) is 13.4. The van der Waals surface area contributed by atoms with E-state index >= 15 is 0 Å². The molecule has 106 valence electrons. The van der Waals surface area contributed by atoms with Crippen molar-refractivity contribution in [3.8, 4) is 0 Å². The minimum atomic E-state index is 0.121. The van der Waals surface area contributed by atoms with E-state index in [0.717, 1.165) is 39.0 Å². The summed E-state index contributed by atoms with van der Waals surface area (Å²) >= 11 is 0. The topological polar surface area (TPSA) is 67.6 Å². The van der Waals surface area contributed by atoms with Crippen molar-refractivity contribution >= 4 is 5.91 Å². The summed E-state index contributed by atoms with van der Waals surface area (Å²) in [7, 11) is 1.73. The first-order valence-electron chi connectivity index (χ1n) is 6.89. The van der Waals surface area contributed by atoms with Crippen LogP contribution in [-0.4, -0.2) is 56.7 Å². The molecule has 0 radical (unpaired) electrons. The molecular weight excluding hydrogens is 230 g/mol. The fraction of sp³-hybridized carbons (Fsp3) is 0.923. The molecule has 1 heterocycles. The molecule has 1 saturated heterocycles. The summed E-state index contributed by atoms with van der Waals surface area (Å²) < 4.78 is 5.11. The highest BCUT2D eigenvalue weighted by Gasteiger charge is 2.27. The molecule has 2 atom stereocenters. The van der Waals surface area contributed by atoms with Gasteiger partial charge in [0.15, 0.2) is 0 Å². The zero-order valence-corrected chi connectivity index (χ0v) is 11.7. The predicted octanol–water partition coefficient (Wildman–Crippen LogP) is 0.198. The summed E-state index contributed by atoms with van der Waals surface area (Å²) in [4.78, 5) is 14.3. The van der Waals surface area contributed by atoms with Gasteiger partial charge in [-0.3, -0.25) is 9.69 Å². The number of methoxy groups -OCH3 is 1. The molecule has 3 N–H and O–H groups in total. The van der Waals surface area contributed by atoms with E-state index in [1.54, 1.807) is 7.11 Å². The number of amides is 1. The van der Waals surface area contributed by atoms with Gasteiger partial charge in [-0.05, 0) is 32.7 Å². The molecule has 0 aliphatic carbocycles. The van der Waals surface area contributed by atoms with Crippen LogP contribution >= 0.6 is 0 Å². The third-order valence-electron chi connectivity index (χ3n) is 3.63. The van der Waals surface area contributed by atoms with Gasteiger partial charge in [0.05, 0.1) is 5.92 Å². The lowest BCUT2D eigenvalue weighted by Crippen LogP contribution is -2.47. The minimum Gasteiger partial charge on any atom is -0.385 e. The number of carbonyl (C=O) groups excluding carboxylic acids is 1. The van der Waals surface area contributed by atoms with E-state index in [-0.39, 0.29) is 11.8 Å². The number of nitrogens with one attached hydrogen (secondary N) is 1. The minimum absolute atomic E-state index is 0.121. The monoisotopic (exact) mass is 257 g/mol. The van der Waals surface area contributed by atoms with Crippen molar-refractivity contribution < 1.29 is 9.53 Å². The van der Waals surface area contributed by atoms with Crippen molar-refractivity contribution in [2.24, 2.45) is 11.7 Å². The van der Waals surface area contributed by atoms with Crippen LogP contribution in [0.3, 0.4) is 0 Å². The Hall–Kier alpha value is -0.650. The van der Waals surface area contributed by atoms with Crippen LogP contribution in [0.15, 0.2) is 0 Å². The maximum atomic E-state index is 11.9. The van der Waals surface area contributed by atoms with Crippen LogP contribution in [-0.2, 0) is 9.53 Å². The number of hydrogen-bond acceptors (Lipinski definition) is 4. The van der Waals surface area contributed by atoms with Gasteiger partial charge in [0.1, 0.15) is 0 Å². The molecule has 1 aliphatic rings. The quantitative estimate of drug-likeness (QED) is 0.683. The zero-order valence-electron chi connectivity index (χ0n) is 11.7. The molecule has 1 amide bonds. The Kier molecular flexibility index (Phi) is 7.23. The van der Waals surface area contributed by atoms with Crippen molar-refractivity contribution in [3.05, 3.63) is 0 Å². The van der Waals surface area contributed by atoms with Gasteiger partial charge >= 0.3 is 0 Å². The fourth-order valence-corrected chi connectivity index (χ4v) is 2.43. The predicted molar refractivity (Wildman–Crippen MR) is 72.3 cm³/mol. The van der Waals surface area contributed by atoms with E-state index in [2.05, 4.69) is 17.1 Å². The maximum absolute atomic E-state index is 11.9. The summed E-state index contributed by atoms with van der Waals surface area (Å²) in [6, 6.07) is 0.482. The Morgan fingerprint density at radius 2 is 2.39 bits per heavy atom. The van der Waals surface area contributed by atoms with Crippen molar-refractivity contribution in [2.75, 3.05) is 39.9 Å². The van der Waals surface area contributed by atoms with Gasteiger partial charge in [-0.2, -0.15) is 0 Å². The second-order valence-corrected chi connectivity index (χ2v) is 5.04. The number of nitrogens with zero attached hydrogens (tertiary/aromatic N) is 1. The average molecular weight is 257 g/mol. The van der Waals surface area contributed by atoms with Gasteiger partial charge in [0.2, 0.25) is 5.91 Å². The summed E-state index contributed by atoms with van der Waals surface area (Å²) in [6.45, 7) is 6.02. The number of rotatable bonds is 7. The van der Waals surface area contributed by atoms with E-state index in [9.17, 15) is 4.79 Å². The Labute approximate surface area is 110 Å². The molecule has 0 aromatic carbocycles. The Morgan fingerprint density at radius 1 is 1.61 bits per heavy atom. The van der Waals surface area contributed by atoms with Gasteiger partial charge in [-0.1, -0.05) is 0 Å². The molecule has 5 heteroatoms. The molecule has 0 aromatic rings. The molecule has 0 bridgehead atoms. The number of piperidine rings is 1. The van der Waals surface area contributed by atoms with Gasteiger partial charge < -0.3 is 15.8 Å². The molecule has 0 saturated carbocycles. The van der Waals surface area contributed by atoms with E-state index in [0.29, 0.717) is 19.1 Å². The lowest BCUT2D eigenvalue weighted by atomic mass is 9.95. The van der Waals surface area contributed by atoms with Crippen LogP contribution in [0.2, 0.25) is 0 Å². The van der Waals surface area contributed by atoms with Gasteiger partial charge in [0.25, 0.3) is 0 Å². The van der Waals surface area contributed by atoms with Gasteiger partial charge in [0, 0.05) is 39.4 Å². The number of hydrogen-bond donors (Lipinski definition) is 2. The van der Waals surface area contributed by atoms with Crippen molar-refractivity contribution in [1.29, 1.82) is 0 Å². The van der Waals surface area contributed by atoms with Crippen molar-refractivity contribution in [2.45, 2.75) is 32.2 Å². The molecule has 1 fully saturated rings. The molecule has 0 spiro atoms. The largest absolute Gasteiger partial charge is 0.385 e. The highest BCUT2D eigenvalue weighted by atomic mass is 16.5. The van der Waals surface area contributed by atoms with Crippen LogP contribution in [0, 0.1) is 5.92 Å². The summed E-state index contributed by atoms with van der Waals surface area (Å²) in [5, 5.41) is 2.89. The summed E-state index contributed by atoms with van der Waals surface area (Å²) in [5.41, 5.74) is 5.40. The van der Waals surface area contributed by atoms with E-state index < -0.39 is 0 Å².